The van der Waals surface area contributed by atoms with E-state index in [1.807, 2.05) is 6.26 Å². The highest BCUT2D eigenvalue weighted by Crippen LogP contribution is 2.10. The van der Waals surface area contributed by atoms with Gasteiger partial charge in [-0.15, -0.1) is 0 Å². The van der Waals surface area contributed by atoms with E-state index in [1.165, 1.54) is 12.1 Å². The van der Waals surface area contributed by atoms with Gasteiger partial charge < -0.3 is 26.8 Å². The second-order valence-corrected chi connectivity index (χ2v) is 5.53. The molecule has 1 rings (SSSR count). The van der Waals surface area contributed by atoms with E-state index in [1.54, 1.807) is 23.9 Å². The molecule has 0 bridgehead atoms. The molecule has 0 aromatic heterocycles. The van der Waals surface area contributed by atoms with Crippen LogP contribution in [0, 0.1) is 0 Å². The highest BCUT2D eigenvalue weighted by Gasteiger charge is 2.11. The van der Waals surface area contributed by atoms with Gasteiger partial charge >= 0.3 is 11.9 Å². The van der Waals surface area contributed by atoms with Crippen LogP contribution in [0.15, 0.2) is 24.3 Å². The first-order chi connectivity index (χ1) is 10.3. The third-order valence-electron chi connectivity index (χ3n) is 2.66. The van der Waals surface area contributed by atoms with Crippen molar-refractivity contribution in [3.05, 3.63) is 29.8 Å². The molecule has 0 saturated carbocycles. The summed E-state index contributed by atoms with van der Waals surface area (Å²) in [7, 11) is 0. The van der Waals surface area contributed by atoms with Crippen molar-refractivity contribution in [2.75, 3.05) is 12.0 Å². The zero-order chi connectivity index (χ0) is 17.1. The zero-order valence-corrected chi connectivity index (χ0v) is 13.1. The number of hydrogen-bond acceptors (Lipinski definition) is 6. The third kappa shape index (κ3) is 9.22. The molecule has 0 aliphatic carbocycles. The second-order valence-electron chi connectivity index (χ2n) is 4.54. The van der Waals surface area contributed by atoms with E-state index in [0.717, 1.165) is 11.3 Å². The molecule has 22 heavy (non-hydrogen) atoms. The molecule has 0 heterocycles. The Labute approximate surface area is 133 Å². The molecule has 2 unspecified atom stereocenters. The van der Waals surface area contributed by atoms with E-state index < -0.39 is 24.0 Å². The zero-order valence-electron chi connectivity index (χ0n) is 12.3. The van der Waals surface area contributed by atoms with Crippen molar-refractivity contribution in [2.45, 2.75) is 24.9 Å². The molecule has 1 aromatic rings. The number of carboxylic acids is 2. The van der Waals surface area contributed by atoms with Gasteiger partial charge in [-0.2, -0.15) is 11.8 Å². The van der Waals surface area contributed by atoms with Crippen molar-refractivity contribution in [2.24, 2.45) is 11.5 Å². The maximum absolute atomic E-state index is 10.4. The molecule has 2 atom stereocenters. The van der Waals surface area contributed by atoms with Crippen LogP contribution in [0.1, 0.15) is 12.0 Å². The van der Waals surface area contributed by atoms with E-state index >= 15 is 0 Å². The largest absolute Gasteiger partial charge is 0.508 e. The maximum atomic E-state index is 10.4. The first-order valence-corrected chi connectivity index (χ1v) is 7.91. The van der Waals surface area contributed by atoms with Gasteiger partial charge in [0.25, 0.3) is 0 Å². The van der Waals surface area contributed by atoms with Gasteiger partial charge in [0.2, 0.25) is 0 Å². The average molecular weight is 330 g/mol. The number of nitrogens with two attached hydrogens (primary N) is 2. The third-order valence-corrected chi connectivity index (χ3v) is 3.30. The van der Waals surface area contributed by atoms with Crippen molar-refractivity contribution in [1.29, 1.82) is 0 Å². The molecular formula is C14H22N2O5S. The van der Waals surface area contributed by atoms with Crippen LogP contribution in [-0.2, 0) is 16.0 Å². The van der Waals surface area contributed by atoms with E-state index in [2.05, 4.69) is 0 Å². The molecule has 0 aliphatic rings. The van der Waals surface area contributed by atoms with Gasteiger partial charge in [-0.05, 0) is 42.5 Å². The minimum Gasteiger partial charge on any atom is -0.508 e. The number of carboxylic acid groups (broad SMARTS) is 2. The molecule has 7 nitrogen and oxygen atoms in total. The van der Waals surface area contributed by atoms with Gasteiger partial charge in [-0.1, -0.05) is 12.1 Å². The van der Waals surface area contributed by atoms with Crippen LogP contribution in [0.25, 0.3) is 0 Å². The second kappa shape index (κ2) is 10.9. The van der Waals surface area contributed by atoms with E-state index in [0.29, 0.717) is 6.42 Å². The first-order valence-electron chi connectivity index (χ1n) is 6.51. The number of thioether (sulfide) groups is 1. The molecule has 0 radical (unpaired) electrons. The summed E-state index contributed by atoms with van der Waals surface area (Å²) in [5.74, 6) is -0.960. The molecule has 7 N–H and O–H groups in total. The molecule has 1 aromatic carbocycles. The Balaban J connectivity index is 0.000000433. The van der Waals surface area contributed by atoms with Gasteiger partial charge in [-0.25, -0.2) is 0 Å². The Kier molecular flexibility index (Phi) is 10.0. The SMILES string of the molecule is CSCCC(N)C(=O)O.NC(Cc1ccc(O)cc1)C(=O)O. The Morgan fingerprint density at radius 3 is 2.00 bits per heavy atom. The summed E-state index contributed by atoms with van der Waals surface area (Å²) in [6.07, 6.45) is 2.75. The average Bonchev–Trinajstić information content (AvgIpc) is 2.47. The van der Waals surface area contributed by atoms with Crippen LogP contribution in [-0.4, -0.2) is 51.4 Å². The van der Waals surface area contributed by atoms with E-state index in [9.17, 15) is 9.59 Å². The topological polar surface area (TPSA) is 147 Å². The van der Waals surface area contributed by atoms with Crippen LogP contribution < -0.4 is 11.5 Å². The standard InChI is InChI=1S/C9H11NO3.C5H11NO2S/c10-8(9(12)13)5-6-1-3-7(11)4-2-6;1-9-3-2-4(6)5(7)8/h1-4,8,11H,5,10H2,(H,12,13);4H,2-3,6H2,1H3,(H,7,8). The van der Waals surface area contributed by atoms with Crippen LogP contribution in [0.5, 0.6) is 5.75 Å². The fourth-order valence-corrected chi connectivity index (χ4v) is 1.83. The highest BCUT2D eigenvalue weighted by molar-refractivity contribution is 7.98. The van der Waals surface area contributed by atoms with E-state index in [-0.39, 0.29) is 12.2 Å². The lowest BCUT2D eigenvalue weighted by Gasteiger charge is -2.05. The summed E-state index contributed by atoms with van der Waals surface area (Å²) in [5.41, 5.74) is 11.3. The van der Waals surface area contributed by atoms with Crippen LogP contribution >= 0.6 is 11.8 Å². The minimum atomic E-state index is -1.02. The first kappa shape index (κ1) is 20.2. The number of aliphatic carboxylic acids is 2. The smallest absolute Gasteiger partial charge is 0.320 e. The molecule has 124 valence electrons. The molecule has 0 spiro atoms. The molecule has 0 amide bonds. The van der Waals surface area contributed by atoms with Crippen molar-refractivity contribution in [3.8, 4) is 5.75 Å². The fraction of sp³-hybridized carbons (Fsp3) is 0.429. The number of phenols is 1. The summed E-state index contributed by atoms with van der Waals surface area (Å²) in [5, 5.41) is 25.8. The lowest BCUT2D eigenvalue weighted by Crippen LogP contribution is -2.32. The number of benzene rings is 1. The summed E-state index contributed by atoms with van der Waals surface area (Å²) in [4.78, 5) is 20.5. The molecule has 0 aliphatic heterocycles. The molecule has 8 heteroatoms. The van der Waals surface area contributed by atoms with Crippen molar-refractivity contribution >= 4 is 23.7 Å². The molecule has 0 fully saturated rings. The maximum Gasteiger partial charge on any atom is 0.320 e. The summed E-state index contributed by atoms with van der Waals surface area (Å²) >= 11 is 1.60. The van der Waals surface area contributed by atoms with Crippen molar-refractivity contribution < 1.29 is 24.9 Å². The number of aromatic hydroxyl groups is 1. The normalized spacial score (nSPS) is 12.7. The Hall–Kier alpha value is -1.77. The summed E-state index contributed by atoms with van der Waals surface area (Å²) in [6, 6.07) is 4.74. The highest BCUT2D eigenvalue weighted by atomic mass is 32.2. The molecule has 0 saturated heterocycles. The van der Waals surface area contributed by atoms with Crippen molar-refractivity contribution in [3.63, 3.8) is 0 Å². The van der Waals surface area contributed by atoms with Gasteiger partial charge in [-0.3, -0.25) is 9.59 Å². The summed E-state index contributed by atoms with van der Waals surface area (Å²) < 4.78 is 0. The quantitative estimate of drug-likeness (QED) is 0.485. The predicted molar refractivity (Wildman–Crippen MR) is 86.0 cm³/mol. The lowest BCUT2D eigenvalue weighted by atomic mass is 10.1. The Morgan fingerprint density at radius 1 is 1.09 bits per heavy atom. The number of carbonyl (C=O) groups is 2. The van der Waals surface area contributed by atoms with Gasteiger partial charge in [0.1, 0.15) is 17.8 Å². The minimum absolute atomic E-state index is 0.160. The van der Waals surface area contributed by atoms with Crippen molar-refractivity contribution in [1.82, 2.24) is 0 Å². The van der Waals surface area contributed by atoms with Gasteiger partial charge in [0.15, 0.2) is 0 Å². The lowest BCUT2D eigenvalue weighted by molar-refractivity contribution is -0.139. The van der Waals surface area contributed by atoms with Crippen LogP contribution in [0.4, 0.5) is 0 Å². The predicted octanol–water partition coefficient (Wildman–Crippen LogP) is 0.498. The monoisotopic (exact) mass is 330 g/mol. The molecular weight excluding hydrogens is 308 g/mol. The van der Waals surface area contributed by atoms with Crippen LogP contribution in [0.2, 0.25) is 0 Å². The van der Waals surface area contributed by atoms with Crippen LogP contribution in [0.3, 0.4) is 0 Å². The fourth-order valence-electron chi connectivity index (χ4n) is 1.34. The number of rotatable bonds is 7. The van der Waals surface area contributed by atoms with Gasteiger partial charge in [0.05, 0.1) is 0 Å². The summed E-state index contributed by atoms with van der Waals surface area (Å²) in [6.45, 7) is 0. The number of phenolic OH excluding ortho intramolecular Hbond substituents is 1. The Bertz CT molecular complexity index is 467. The van der Waals surface area contributed by atoms with E-state index in [4.69, 9.17) is 26.8 Å². The van der Waals surface area contributed by atoms with Gasteiger partial charge in [0, 0.05) is 0 Å². The number of hydrogen-bond donors (Lipinski definition) is 5. The Morgan fingerprint density at radius 2 is 1.59 bits per heavy atom.